The zero-order valence-electron chi connectivity index (χ0n) is 16.9. The van der Waals surface area contributed by atoms with Crippen molar-refractivity contribution in [2.75, 3.05) is 45.2 Å². The maximum Gasteiger partial charge on any atom is 0.313 e. The molecule has 1 aliphatic heterocycles. The summed E-state index contributed by atoms with van der Waals surface area (Å²) >= 11 is 6.03. The van der Waals surface area contributed by atoms with Gasteiger partial charge in [-0.3, -0.25) is 14.5 Å². The van der Waals surface area contributed by atoms with E-state index < -0.39 is 11.8 Å². The van der Waals surface area contributed by atoms with Crippen molar-refractivity contribution in [1.29, 1.82) is 0 Å². The molecule has 0 radical (unpaired) electrons. The van der Waals surface area contributed by atoms with Crippen LogP contribution in [-0.4, -0.2) is 56.6 Å². The Hall–Kier alpha value is -2.61. The molecule has 3 rings (SSSR count). The number of rotatable bonds is 7. The molecule has 1 saturated heterocycles. The molecule has 0 unspecified atom stereocenters. The minimum absolute atomic E-state index is 0.0663. The molecule has 7 nitrogen and oxygen atoms in total. The van der Waals surface area contributed by atoms with Gasteiger partial charge in [0.1, 0.15) is 5.75 Å². The molecule has 0 aromatic heterocycles. The fraction of sp³-hybridized carbons (Fsp3) is 0.364. The van der Waals surface area contributed by atoms with Crippen molar-refractivity contribution in [3.05, 3.63) is 59.1 Å². The fourth-order valence-electron chi connectivity index (χ4n) is 3.29. The third kappa shape index (κ3) is 6.19. The number of nitrogens with zero attached hydrogens (tertiary/aromatic N) is 1. The van der Waals surface area contributed by atoms with E-state index in [1.54, 1.807) is 12.1 Å². The Bertz CT molecular complexity index is 863. The molecule has 160 valence electrons. The quantitative estimate of drug-likeness (QED) is 0.520. The molecule has 1 heterocycles. The highest BCUT2D eigenvalue weighted by Gasteiger charge is 2.21. The zero-order valence-corrected chi connectivity index (χ0v) is 17.7. The number of benzene rings is 2. The Labute approximate surface area is 181 Å². The molecule has 1 atom stereocenters. The lowest BCUT2D eigenvalue weighted by Crippen LogP contribution is -2.41. The van der Waals surface area contributed by atoms with Gasteiger partial charge >= 0.3 is 11.8 Å². The number of nitrogens with one attached hydrogen (secondary N) is 2. The summed E-state index contributed by atoms with van der Waals surface area (Å²) < 4.78 is 10.9. The normalized spacial score (nSPS) is 16.7. The third-order valence-corrected chi connectivity index (χ3v) is 5.17. The second kappa shape index (κ2) is 11.0. The summed E-state index contributed by atoms with van der Waals surface area (Å²) in [5, 5.41) is 5.54. The van der Waals surface area contributed by atoms with Crippen LogP contribution >= 0.6 is 11.6 Å². The summed E-state index contributed by atoms with van der Waals surface area (Å²) in [5.74, 6) is -0.908. The van der Waals surface area contributed by atoms with Crippen molar-refractivity contribution in [2.24, 2.45) is 0 Å². The Balaban J connectivity index is 1.38. The minimum atomic E-state index is -0.730. The lowest BCUT2D eigenvalue weighted by Gasteiger charge is -2.33. The van der Waals surface area contributed by atoms with Crippen LogP contribution in [0, 0.1) is 0 Å². The summed E-state index contributed by atoms with van der Waals surface area (Å²) in [6.45, 7) is 3.59. The van der Waals surface area contributed by atoms with Gasteiger partial charge in [-0.1, -0.05) is 41.9 Å². The first kappa shape index (κ1) is 22.1. The SMILES string of the molecule is COc1ccc(NC(=O)C(=O)NCCCN2CCO[C@H](c3ccccc3)C2)cc1Cl. The summed E-state index contributed by atoms with van der Waals surface area (Å²) in [6, 6.07) is 14.9. The molecule has 2 aromatic rings. The molecule has 0 spiro atoms. The summed E-state index contributed by atoms with van der Waals surface area (Å²) in [5.41, 5.74) is 1.60. The number of hydrogen-bond donors (Lipinski definition) is 2. The van der Waals surface area contributed by atoms with Crippen LogP contribution in [0.4, 0.5) is 5.69 Å². The van der Waals surface area contributed by atoms with Crippen LogP contribution < -0.4 is 15.4 Å². The largest absolute Gasteiger partial charge is 0.495 e. The molecule has 0 bridgehead atoms. The first-order valence-electron chi connectivity index (χ1n) is 9.88. The third-order valence-electron chi connectivity index (χ3n) is 4.87. The van der Waals surface area contributed by atoms with Gasteiger partial charge in [0.15, 0.2) is 0 Å². The second-order valence-electron chi connectivity index (χ2n) is 6.98. The predicted octanol–water partition coefficient (Wildman–Crippen LogP) is 2.87. The van der Waals surface area contributed by atoms with Gasteiger partial charge in [0.25, 0.3) is 0 Å². The summed E-state index contributed by atoms with van der Waals surface area (Å²) in [4.78, 5) is 26.4. The summed E-state index contributed by atoms with van der Waals surface area (Å²) in [6.07, 6.45) is 0.811. The highest BCUT2D eigenvalue weighted by molar-refractivity contribution is 6.40. The molecule has 30 heavy (non-hydrogen) atoms. The van der Waals surface area contributed by atoms with E-state index in [2.05, 4.69) is 27.7 Å². The van der Waals surface area contributed by atoms with Crippen LogP contribution in [0.2, 0.25) is 5.02 Å². The Morgan fingerprint density at radius 3 is 2.73 bits per heavy atom. The van der Waals surface area contributed by atoms with Gasteiger partial charge < -0.3 is 20.1 Å². The molecule has 1 fully saturated rings. The van der Waals surface area contributed by atoms with Crippen molar-refractivity contribution >= 4 is 29.1 Å². The Morgan fingerprint density at radius 1 is 1.20 bits per heavy atom. The Morgan fingerprint density at radius 2 is 2.00 bits per heavy atom. The molecule has 2 amide bonds. The maximum absolute atomic E-state index is 12.0. The monoisotopic (exact) mass is 431 g/mol. The lowest BCUT2D eigenvalue weighted by atomic mass is 10.1. The number of carbonyl (C=O) groups excluding carboxylic acids is 2. The lowest BCUT2D eigenvalue weighted by molar-refractivity contribution is -0.136. The van der Waals surface area contributed by atoms with Crippen molar-refractivity contribution in [1.82, 2.24) is 10.2 Å². The van der Waals surface area contributed by atoms with Crippen molar-refractivity contribution in [3.63, 3.8) is 0 Å². The molecule has 2 aromatic carbocycles. The van der Waals surface area contributed by atoms with Gasteiger partial charge in [-0.15, -0.1) is 0 Å². The van der Waals surface area contributed by atoms with Gasteiger partial charge in [-0.25, -0.2) is 0 Å². The van der Waals surface area contributed by atoms with E-state index in [1.807, 2.05) is 18.2 Å². The first-order chi connectivity index (χ1) is 14.6. The Kier molecular flexibility index (Phi) is 8.07. The van der Waals surface area contributed by atoms with Crippen LogP contribution in [0.25, 0.3) is 0 Å². The van der Waals surface area contributed by atoms with E-state index in [0.29, 0.717) is 29.6 Å². The molecule has 8 heteroatoms. The number of morpholine rings is 1. The fourth-order valence-corrected chi connectivity index (χ4v) is 3.55. The number of carbonyl (C=O) groups is 2. The molecule has 0 aliphatic carbocycles. The van der Waals surface area contributed by atoms with Crippen LogP contribution in [0.3, 0.4) is 0 Å². The number of anilines is 1. The average Bonchev–Trinajstić information content (AvgIpc) is 2.77. The standard InChI is InChI=1S/C22H26ClN3O4/c1-29-19-9-8-17(14-18(19)23)25-22(28)21(27)24-10-5-11-26-12-13-30-20(15-26)16-6-3-2-4-7-16/h2-4,6-9,14,20H,5,10-13,15H2,1H3,(H,24,27)(H,25,28)/t20-/m0/s1. The molecule has 2 N–H and O–H groups in total. The van der Waals surface area contributed by atoms with E-state index in [1.165, 1.54) is 18.7 Å². The minimum Gasteiger partial charge on any atom is -0.495 e. The van der Waals surface area contributed by atoms with E-state index in [-0.39, 0.29) is 6.10 Å². The van der Waals surface area contributed by atoms with Gasteiger partial charge in [-0.05, 0) is 30.2 Å². The molecular weight excluding hydrogens is 406 g/mol. The van der Waals surface area contributed by atoms with Crippen LogP contribution in [0.1, 0.15) is 18.1 Å². The van der Waals surface area contributed by atoms with Crippen LogP contribution in [-0.2, 0) is 14.3 Å². The maximum atomic E-state index is 12.0. The summed E-state index contributed by atoms with van der Waals surface area (Å²) in [7, 11) is 1.51. The van der Waals surface area contributed by atoms with E-state index >= 15 is 0 Å². The van der Waals surface area contributed by atoms with Gasteiger partial charge in [0, 0.05) is 31.9 Å². The highest BCUT2D eigenvalue weighted by atomic mass is 35.5. The van der Waals surface area contributed by atoms with Gasteiger partial charge in [0.05, 0.1) is 24.8 Å². The second-order valence-corrected chi connectivity index (χ2v) is 7.39. The average molecular weight is 432 g/mol. The number of ether oxygens (including phenoxy) is 2. The van der Waals surface area contributed by atoms with Crippen molar-refractivity contribution < 1.29 is 19.1 Å². The predicted molar refractivity (Wildman–Crippen MR) is 116 cm³/mol. The zero-order chi connectivity index (χ0) is 21.3. The first-order valence-corrected chi connectivity index (χ1v) is 10.3. The van der Waals surface area contributed by atoms with Crippen LogP contribution in [0.5, 0.6) is 5.75 Å². The van der Waals surface area contributed by atoms with E-state index in [0.717, 1.165) is 26.1 Å². The van der Waals surface area contributed by atoms with Gasteiger partial charge in [-0.2, -0.15) is 0 Å². The van der Waals surface area contributed by atoms with Gasteiger partial charge in [0.2, 0.25) is 0 Å². The smallest absolute Gasteiger partial charge is 0.313 e. The number of methoxy groups -OCH3 is 1. The molecule has 0 saturated carbocycles. The topological polar surface area (TPSA) is 79.9 Å². The highest BCUT2D eigenvalue weighted by Crippen LogP contribution is 2.27. The number of amides is 2. The van der Waals surface area contributed by atoms with E-state index in [4.69, 9.17) is 21.1 Å². The van der Waals surface area contributed by atoms with Crippen molar-refractivity contribution in [3.8, 4) is 5.75 Å². The number of hydrogen-bond acceptors (Lipinski definition) is 5. The van der Waals surface area contributed by atoms with Crippen LogP contribution in [0.15, 0.2) is 48.5 Å². The van der Waals surface area contributed by atoms with Crippen molar-refractivity contribution in [2.45, 2.75) is 12.5 Å². The van der Waals surface area contributed by atoms with E-state index in [9.17, 15) is 9.59 Å². The number of halogens is 1. The molecular formula is C22H26ClN3O4. The molecule has 1 aliphatic rings.